The van der Waals surface area contributed by atoms with Crippen LogP contribution in [0.15, 0.2) is 83.3 Å². The summed E-state index contributed by atoms with van der Waals surface area (Å²) in [5, 5.41) is 3.10. The lowest BCUT2D eigenvalue weighted by atomic mass is 9.92. The highest BCUT2D eigenvalue weighted by molar-refractivity contribution is 5.97. The fourth-order valence-electron chi connectivity index (χ4n) is 4.68. The molecule has 5 rings (SSSR count). The number of aromatic nitrogens is 1. The minimum Gasteiger partial charge on any atom is -0.436 e. The maximum Gasteiger partial charge on any atom is 0.253 e. The van der Waals surface area contributed by atoms with E-state index in [1.807, 2.05) is 78.6 Å². The van der Waals surface area contributed by atoms with Crippen LogP contribution < -0.4 is 5.32 Å². The molecule has 6 nitrogen and oxygen atoms in total. The van der Waals surface area contributed by atoms with Crippen molar-refractivity contribution in [1.82, 2.24) is 15.2 Å². The Balaban J connectivity index is 1.16. The number of benzene rings is 3. The number of nitrogens with one attached hydrogen (secondary N) is 1. The van der Waals surface area contributed by atoms with Gasteiger partial charge in [-0.05, 0) is 61.6 Å². The molecule has 0 unspecified atom stereocenters. The van der Waals surface area contributed by atoms with Gasteiger partial charge in [-0.3, -0.25) is 9.59 Å². The smallest absolute Gasteiger partial charge is 0.253 e. The van der Waals surface area contributed by atoms with E-state index in [9.17, 15) is 9.59 Å². The third-order valence-electron chi connectivity index (χ3n) is 6.71. The predicted molar refractivity (Wildman–Crippen MR) is 136 cm³/mol. The summed E-state index contributed by atoms with van der Waals surface area (Å²) in [6, 6.07) is 25.1. The Hall–Kier alpha value is -3.93. The van der Waals surface area contributed by atoms with E-state index in [0.717, 1.165) is 24.0 Å². The molecule has 0 spiro atoms. The van der Waals surface area contributed by atoms with E-state index in [1.165, 1.54) is 0 Å². The van der Waals surface area contributed by atoms with Crippen molar-refractivity contribution in [2.75, 3.05) is 13.1 Å². The molecule has 4 aromatic rings. The van der Waals surface area contributed by atoms with Gasteiger partial charge in [-0.15, -0.1) is 0 Å². The third kappa shape index (κ3) is 5.27. The lowest BCUT2D eigenvalue weighted by Crippen LogP contribution is -2.39. The highest BCUT2D eigenvalue weighted by Gasteiger charge is 2.26. The normalized spacial score (nSPS) is 15.2. The molecule has 2 amide bonds. The van der Waals surface area contributed by atoms with E-state index < -0.39 is 0 Å². The van der Waals surface area contributed by atoms with E-state index in [2.05, 4.69) is 10.3 Å². The van der Waals surface area contributed by atoms with Gasteiger partial charge in [0.25, 0.3) is 5.91 Å². The number of rotatable bonds is 6. The lowest BCUT2D eigenvalue weighted by Gasteiger charge is -2.32. The number of carbonyl (C=O) groups is 2. The molecular weight excluding hydrogens is 438 g/mol. The van der Waals surface area contributed by atoms with E-state index >= 15 is 0 Å². The Morgan fingerprint density at radius 3 is 2.40 bits per heavy atom. The molecule has 35 heavy (non-hydrogen) atoms. The first-order chi connectivity index (χ1) is 17.1. The molecule has 2 heterocycles. The Morgan fingerprint density at radius 1 is 1.00 bits per heavy atom. The average molecular weight is 468 g/mol. The van der Waals surface area contributed by atoms with E-state index in [1.54, 1.807) is 12.1 Å². The zero-order valence-electron chi connectivity index (χ0n) is 19.8. The van der Waals surface area contributed by atoms with Crippen LogP contribution in [0.4, 0.5) is 0 Å². The zero-order chi connectivity index (χ0) is 24.2. The molecule has 3 aromatic carbocycles. The van der Waals surface area contributed by atoms with Gasteiger partial charge in [0.05, 0.1) is 6.04 Å². The third-order valence-corrected chi connectivity index (χ3v) is 6.71. The predicted octanol–water partition coefficient (Wildman–Crippen LogP) is 5.61. The van der Waals surface area contributed by atoms with Gasteiger partial charge in [0.1, 0.15) is 5.52 Å². The second kappa shape index (κ2) is 10.1. The van der Waals surface area contributed by atoms with Crippen molar-refractivity contribution in [2.24, 2.45) is 5.92 Å². The maximum atomic E-state index is 13.1. The molecule has 6 heteroatoms. The molecule has 1 atom stereocenters. The summed E-state index contributed by atoms with van der Waals surface area (Å²) < 4.78 is 5.87. The average Bonchev–Trinajstić information content (AvgIpc) is 3.33. The van der Waals surface area contributed by atoms with Gasteiger partial charge in [-0.25, -0.2) is 4.98 Å². The summed E-state index contributed by atoms with van der Waals surface area (Å²) in [7, 11) is 0. The largest absolute Gasteiger partial charge is 0.436 e. The zero-order valence-corrected chi connectivity index (χ0v) is 19.8. The maximum absolute atomic E-state index is 13.1. The van der Waals surface area contributed by atoms with Crippen LogP contribution in [0.5, 0.6) is 0 Å². The van der Waals surface area contributed by atoms with Crippen molar-refractivity contribution in [2.45, 2.75) is 32.2 Å². The number of hydrogen-bond acceptors (Lipinski definition) is 4. The van der Waals surface area contributed by atoms with Crippen molar-refractivity contribution in [1.29, 1.82) is 0 Å². The fourth-order valence-corrected chi connectivity index (χ4v) is 4.68. The standard InChI is InChI=1S/C29H29N3O3/c1-20(22-8-4-2-5-9-22)30-27(33)18-21-14-16-32(17-15-21)29(34)24-12-13-26-25(19-24)31-28(35-26)23-10-6-3-7-11-23/h2-13,19-21H,14-18H2,1H3,(H,30,33)/t20-/m1/s1. The minimum atomic E-state index is -0.0146. The van der Waals surface area contributed by atoms with Gasteiger partial charge < -0.3 is 14.6 Å². The van der Waals surface area contributed by atoms with Crippen LogP contribution in [-0.2, 0) is 4.79 Å². The summed E-state index contributed by atoms with van der Waals surface area (Å²) in [5.41, 5.74) is 3.95. The molecule has 0 bridgehead atoms. The van der Waals surface area contributed by atoms with Crippen LogP contribution in [0.3, 0.4) is 0 Å². The number of fused-ring (bicyclic) bond motifs is 1. The summed E-state index contributed by atoms with van der Waals surface area (Å²) in [5.74, 6) is 0.896. The van der Waals surface area contributed by atoms with Gasteiger partial charge in [0.2, 0.25) is 11.8 Å². The molecule has 1 N–H and O–H groups in total. The highest BCUT2D eigenvalue weighted by Crippen LogP contribution is 2.27. The van der Waals surface area contributed by atoms with Gasteiger partial charge in [-0.2, -0.15) is 0 Å². The van der Waals surface area contributed by atoms with Crippen LogP contribution >= 0.6 is 0 Å². The molecule has 1 aliphatic heterocycles. The van der Waals surface area contributed by atoms with Crippen LogP contribution in [-0.4, -0.2) is 34.8 Å². The minimum absolute atomic E-state index is 0.00300. The Labute approximate surface area is 205 Å². The summed E-state index contributed by atoms with van der Waals surface area (Å²) >= 11 is 0. The number of likely N-dealkylation sites (tertiary alicyclic amines) is 1. The molecule has 0 saturated carbocycles. The summed E-state index contributed by atoms with van der Waals surface area (Å²) in [6.45, 7) is 3.30. The van der Waals surface area contributed by atoms with Gasteiger partial charge in [-0.1, -0.05) is 48.5 Å². The molecule has 1 aliphatic rings. The van der Waals surface area contributed by atoms with E-state index in [4.69, 9.17) is 4.42 Å². The highest BCUT2D eigenvalue weighted by atomic mass is 16.3. The Morgan fingerprint density at radius 2 is 1.69 bits per heavy atom. The molecule has 1 fully saturated rings. The van der Waals surface area contributed by atoms with Crippen molar-refractivity contribution < 1.29 is 14.0 Å². The van der Waals surface area contributed by atoms with Crippen LogP contribution in [0.25, 0.3) is 22.6 Å². The molecular formula is C29H29N3O3. The molecule has 178 valence electrons. The van der Waals surface area contributed by atoms with E-state index in [0.29, 0.717) is 42.1 Å². The first kappa shape index (κ1) is 22.8. The van der Waals surface area contributed by atoms with Crippen molar-refractivity contribution in [3.05, 3.63) is 90.0 Å². The Bertz CT molecular complexity index is 1310. The van der Waals surface area contributed by atoms with Gasteiger partial charge in [0, 0.05) is 30.6 Å². The van der Waals surface area contributed by atoms with Crippen LogP contribution in [0, 0.1) is 5.92 Å². The van der Waals surface area contributed by atoms with Crippen LogP contribution in [0.1, 0.15) is 48.1 Å². The number of carbonyl (C=O) groups excluding carboxylic acids is 2. The number of nitrogens with zero attached hydrogens (tertiary/aromatic N) is 2. The number of hydrogen-bond donors (Lipinski definition) is 1. The Kier molecular flexibility index (Phi) is 6.62. The SMILES string of the molecule is C[C@@H](NC(=O)CC1CCN(C(=O)c2ccc3oc(-c4ccccc4)nc3c2)CC1)c1ccccc1. The monoisotopic (exact) mass is 467 g/mol. The first-order valence-electron chi connectivity index (χ1n) is 12.2. The quantitative estimate of drug-likeness (QED) is 0.400. The summed E-state index contributed by atoms with van der Waals surface area (Å²) in [6.07, 6.45) is 2.14. The molecule has 1 aromatic heterocycles. The lowest BCUT2D eigenvalue weighted by molar-refractivity contribution is -0.122. The summed E-state index contributed by atoms with van der Waals surface area (Å²) in [4.78, 5) is 32.1. The first-order valence-corrected chi connectivity index (χ1v) is 12.2. The molecule has 0 radical (unpaired) electrons. The second-order valence-corrected chi connectivity index (χ2v) is 9.21. The topological polar surface area (TPSA) is 75.4 Å². The number of oxazole rings is 1. The van der Waals surface area contributed by atoms with Crippen molar-refractivity contribution in [3.8, 4) is 11.5 Å². The van der Waals surface area contributed by atoms with Gasteiger partial charge in [0.15, 0.2) is 5.58 Å². The van der Waals surface area contributed by atoms with Crippen molar-refractivity contribution >= 4 is 22.9 Å². The van der Waals surface area contributed by atoms with E-state index in [-0.39, 0.29) is 23.8 Å². The number of piperidine rings is 1. The van der Waals surface area contributed by atoms with Crippen LogP contribution in [0.2, 0.25) is 0 Å². The second-order valence-electron chi connectivity index (χ2n) is 9.21. The van der Waals surface area contributed by atoms with Crippen molar-refractivity contribution in [3.63, 3.8) is 0 Å². The number of amides is 2. The molecule has 1 saturated heterocycles. The van der Waals surface area contributed by atoms with Gasteiger partial charge >= 0.3 is 0 Å². The molecule has 0 aliphatic carbocycles. The fraction of sp³-hybridized carbons (Fsp3) is 0.276.